The van der Waals surface area contributed by atoms with Gasteiger partial charge in [-0.2, -0.15) is 0 Å². The summed E-state index contributed by atoms with van der Waals surface area (Å²) in [5.41, 5.74) is 0. The Morgan fingerprint density at radius 1 is 1.21 bits per heavy atom. The summed E-state index contributed by atoms with van der Waals surface area (Å²) in [4.78, 5) is 0. The summed E-state index contributed by atoms with van der Waals surface area (Å²) in [7, 11) is 0. The van der Waals surface area contributed by atoms with Gasteiger partial charge in [0.25, 0.3) is 0 Å². The molecule has 1 N–H and O–H groups in total. The zero-order valence-corrected chi connectivity index (χ0v) is 13.2. The van der Waals surface area contributed by atoms with Crippen LogP contribution in [0.3, 0.4) is 0 Å². The number of nitrogens with zero attached hydrogens (tertiary/aromatic N) is 2. The molecule has 108 valence electrons. The predicted molar refractivity (Wildman–Crippen MR) is 78.7 cm³/mol. The molecule has 1 saturated heterocycles. The summed E-state index contributed by atoms with van der Waals surface area (Å²) >= 11 is 1.77. The Balaban J connectivity index is 1.93. The Hall–Kier alpha value is -0.520. The van der Waals surface area contributed by atoms with Crippen molar-refractivity contribution in [2.75, 3.05) is 13.1 Å². The van der Waals surface area contributed by atoms with Crippen LogP contribution in [0.2, 0.25) is 0 Å². The van der Waals surface area contributed by atoms with Gasteiger partial charge >= 0.3 is 0 Å². The van der Waals surface area contributed by atoms with Gasteiger partial charge in [0.05, 0.1) is 12.2 Å². The van der Waals surface area contributed by atoms with E-state index in [1.54, 1.807) is 11.3 Å². The standard InChI is InChI=1S/C14H25N3OS/c1-5-15-8-6-7-12-16-17-14(19-12)13-9(2)10(3)18-11(13)4/h9-11,13,15H,5-8H2,1-4H3. The van der Waals surface area contributed by atoms with Gasteiger partial charge in [0.1, 0.15) is 10.0 Å². The van der Waals surface area contributed by atoms with Crippen LogP contribution in [0.15, 0.2) is 0 Å². The van der Waals surface area contributed by atoms with Crippen molar-refractivity contribution in [1.82, 2.24) is 15.5 Å². The fourth-order valence-corrected chi connectivity index (χ4v) is 3.93. The summed E-state index contributed by atoms with van der Waals surface area (Å²) in [5, 5.41) is 14.4. The van der Waals surface area contributed by atoms with Crippen LogP contribution in [0.25, 0.3) is 0 Å². The first-order chi connectivity index (χ1) is 9.13. The average molecular weight is 283 g/mol. The van der Waals surface area contributed by atoms with E-state index in [0.717, 1.165) is 35.9 Å². The minimum absolute atomic E-state index is 0.257. The molecule has 1 aliphatic heterocycles. The van der Waals surface area contributed by atoms with Crippen LogP contribution in [-0.2, 0) is 11.2 Å². The van der Waals surface area contributed by atoms with Gasteiger partial charge in [0.15, 0.2) is 0 Å². The number of nitrogens with one attached hydrogen (secondary N) is 1. The Bertz CT molecular complexity index is 396. The molecular formula is C14H25N3OS. The molecule has 4 atom stereocenters. The van der Waals surface area contributed by atoms with E-state index >= 15 is 0 Å². The van der Waals surface area contributed by atoms with E-state index in [2.05, 4.69) is 43.2 Å². The number of ether oxygens (including phenoxy) is 1. The number of hydrogen-bond donors (Lipinski definition) is 1. The molecular weight excluding hydrogens is 258 g/mol. The van der Waals surface area contributed by atoms with Crippen molar-refractivity contribution >= 4 is 11.3 Å². The molecule has 0 aromatic carbocycles. The molecule has 0 bridgehead atoms. The highest BCUT2D eigenvalue weighted by atomic mass is 32.1. The summed E-state index contributed by atoms with van der Waals surface area (Å²) in [6.45, 7) is 10.8. The molecule has 2 rings (SSSR count). The van der Waals surface area contributed by atoms with Gasteiger partial charge in [-0.1, -0.05) is 13.8 Å². The van der Waals surface area contributed by atoms with E-state index in [9.17, 15) is 0 Å². The highest BCUT2D eigenvalue weighted by Crippen LogP contribution is 2.40. The molecule has 0 radical (unpaired) electrons. The maximum atomic E-state index is 5.89. The normalized spacial score (nSPS) is 30.9. The zero-order chi connectivity index (χ0) is 13.8. The average Bonchev–Trinajstić information content (AvgIpc) is 2.91. The fraction of sp³-hybridized carbons (Fsp3) is 0.857. The molecule has 19 heavy (non-hydrogen) atoms. The Morgan fingerprint density at radius 2 is 2.00 bits per heavy atom. The van der Waals surface area contributed by atoms with Crippen LogP contribution in [-0.4, -0.2) is 35.5 Å². The molecule has 5 heteroatoms. The van der Waals surface area contributed by atoms with Gasteiger partial charge in [-0.05, 0) is 39.3 Å². The molecule has 1 aliphatic rings. The van der Waals surface area contributed by atoms with Crippen LogP contribution < -0.4 is 5.32 Å². The molecule has 4 nitrogen and oxygen atoms in total. The van der Waals surface area contributed by atoms with E-state index in [0.29, 0.717) is 17.9 Å². The third-order valence-electron chi connectivity index (χ3n) is 4.00. The maximum absolute atomic E-state index is 5.89. The quantitative estimate of drug-likeness (QED) is 0.815. The van der Waals surface area contributed by atoms with E-state index in [1.807, 2.05) is 0 Å². The summed E-state index contributed by atoms with van der Waals surface area (Å²) in [6, 6.07) is 0. The Morgan fingerprint density at radius 3 is 2.63 bits per heavy atom. The monoisotopic (exact) mass is 283 g/mol. The lowest BCUT2D eigenvalue weighted by molar-refractivity contribution is 0.0556. The second-order valence-corrected chi connectivity index (χ2v) is 6.52. The molecule has 0 saturated carbocycles. The van der Waals surface area contributed by atoms with Crippen molar-refractivity contribution in [2.45, 2.75) is 58.7 Å². The molecule has 1 aromatic rings. The predicted octanol–water partition coefficient (Wildman–Crippen LogP) is 2.61. The minimum Gasteiger partial charge on any atom is -0.375 e. The van der Waals surface area contributed by atoms with Crippen molar-refractivity contribution in [1.29, 1.82) is 0 Å². The van der Waals surface area contributed by atoms with Gasteiger partial charge in [-0.15, -0.1) is 21.5 Å². The van der Waals surface area contributed by atoms with Crippen molar-refractivity contribution < 1.29 is 4.74 Å². The van der Waals surface area contributed by atoms with Gasteiger partial charge in [0.2, 0.25) is 0 Å². The zero-order valence-electron chi connectivity index (χ0n) is 12.3. The topological polar surface area (TPSA) is 47.0 Å². The summed E-state index contributed by atoms with van der Waals surface area (Å²) in [5.74, 6) is 0.938. The highest BCUT2D eigenvalue weighted by Gasteiger charge is 2.39. The first-order valence-corrected chi connectivity index (χ1v) is 8.13. The highest BCUT2D eigenvalue weighted by molar-refractivity contribution is 7.11. The van der Waals surface area contributed by atoms with Gasteiger partial charge < -0.3 is 10.1 Å². The van der Waals surface area contributed by atoms with E-state index < -0.39 is 0 Å². The van der Waals surface area contributed by atoms with Crippen LogP contribution in [0.1, 0.15) is 50.0 Å². The summed E-state index contributed by atoms with van der Waals surface area (Å²) in [6.07, 6.45) is 2.73. The molecule has 1 aromatic heterocycles. The lowest BCUT2D eigenvalue weighted by Crippen LogP contribution is -2.14. The molecule has 2 heterocycles. The van der Waals surface area contributed by atoms with Crippen molar-refractivity contribution in [3.63, 3.8) is 0 Å². The Kier molecular flexibility index (Phi) is 5.30. The SMILES string of the molecule is CCNCCCc1nnc(C2C(C)OC(C)C2C)s1. The molecule has 4 unspecified atom stereocenters. The molecule has 0 spiro atoms. The maximum Gasteiger partial charge on any atom is 0.123 e. The van der Waals surface area contributed by atoms with Gasteiger partial charge in [0, 0.05) is 12.3 Å². The van der Waals surface area contributed by atoms with Crippen molar-refractivity contribution in [3.8, 4) is 0 Å². The van der Waals surface area contributed by atoms with E-state index in [-0.39, 0.29) is 6.10 Å². The largest absolute Gasteiger partial charge is 0.375 e. The second kappa shape index (κ2) is 6.77. The smallest absolute Gasteiger partial charge is 0.123 e. The molecule has 0 aliphatic carbocycles. The fourth-order valence-electron chi connectivity index (χ4n) is 2.74. The van der Waals surface area contributed by atoms with Crippen molar-refractivity contribution in [2.24, 2.45) is 5.92 Å². The van der Waals surface area contributed by atoms with E-state index in [1.165, 1.54) is 0 Å². The first-order valence-electron chi connectivity index (χ1n) is 7.32. The van der Waals surface area contributed by atoms with Crippen molar-refractivity contribution in [3.05, 3.63) is 10.0 Å². The molecule has 0 amide bonds. The van der Waals surface area contributed by atoms with E-state index in [4.69, 9.17) is 4.74 Å². The van der Waals surface area contributed by atoms with Crippen LogP contribution in [0.5, 0.6) is 0 Å². The second-order valence-electron chi connectivity index (χ2n) is 5.42. The summed E-state index contributed by atoms with van der Waals surface area (Å²) < 4.78 is 5.89. The number of aromatic nitrogens is 2. The Labute approximate surface area is 120 Å². The van der Waals surface area contributed by atoms with Crippen LogP contribution in [0, 0.1) is 5.92 Å². The van der Waals surface area contributed by atoms with Gasteiger partial charge in [-0.3, -0.25) is 0 Å². The number of hydrogen-bond acceptors (Lipinski definition) is 5. The number of aryl methyl sites for hydroxylation is 1. The third kappa shape index (κ3) is 3.52. The van der Waals surface area contributed by atoms with Crippen LogP contribution in [0.4, 0.5) is 0 Å². The van der Waals surface area contributed by atoms with Gasteiger partial charge in [-0.25, -0.2) is 0 Å². The lowest BCUT2D eigenvalue weighted by Gasteiger charge is -2.14. The van der Waals surface area contributed by atoms with Crippen LogP contribution >= 0.6 is 11.3 Å². The lowest BCUT2D eigenvalue weighted by atomic mass is 9.90. The first kappa shape index (κ1) is 14.9. The minimum atomic E-state index is 0.257. The number of rotatable bonds is 6. The molecule has 1 fully saturated rings. The third-order valence-corrected chi connectivity index (χ3v) is 5.09.